The van der Waals surface area contributed by atoms with E-state index in [-0.39, 0.29) is 12.3 Å². The summed E-state index contributed by atoms with van der Waals surface area (Å²) in [4.78, 5) is 16.8. The van der Waals surface area contributed by atoms with Crippen LogP contribution in [0.1, 0.15) is 24.8 Å². The minimum absolute atomic E-state index is 0.163. The maximum absolute atomic E-state index is 12.4. The fourth-order valence-corrected chi connectivity index (χ4v) is 3.22. The molecule has 0 saturated carbocycles. The van der Waals surface area contributed by atoms with Gasteiger partial charge in [0, 0.05) is 29.5 Å². The molecule has 1 amide bonds. The molecule has 2 aromatic heterocycles. The van der Waals surface area contributed by atoms with E-state index in [1.807, 2.05) is 55.5 Å². The quantitative estimate of drug-likeness (QED) is 0.399. The highest BCUT2D eigenvalue weighted by Crippen LogP contribution is 2.20. The van der Waals surface area contributed by atoms with Crippen molar-refractivity contribution in [3.05, 3.63) is 77.3 Å². The zero-order valence-corrected chi connectivity index (χ0v) is 18.2. The van der Waals surface area contributed by atoms with Gasteiger partial charge in [-0.2, -0.15) is 10.1 Å². The number of aryl methyl sites for hydroxylation is 1. The van der Waals surface area contributed by atoms with E-state index >= 15 is 0 Å². The Balaban J connectivity index is 1.31. The summed E-state index contributed by atoms with van der Waals surface area (Å²) >= 11 is 5.93. The van der Waals surface area contributed by atoms with Gasteiger partial charge in [0.2, 0.25) is 17.6 Å². The van der Waals surface area contributed by atoms with E-state index in [2.05, 4.69) is 20.6 Å². The highest BCUT2D eigenvalue weighted by atomic mass is 35.5. The Morgan fingerprint density at radius 2 is 1.91 bits per heavy atom. The SMILES string of the molecule is CCOc1ccc(-c2noc(CCC(=O)Nc3ccnn3Cc3ccc(Cl)cc3)n2)cc1. The summed E-state index contributed by atoms with van der Waals surface area (Å²) < 4.78 is 12.5. The summed E-state index contributed by atoms with van der Waals surface area (Å²) in [6.07, 6.45) is 2.19. The molecule has 2 aromatic carbocycles. The van der Waals surface area contributed by atoms with E-state index in [9.17, 15) is 4.79 Å². The number of nitrogens with one attached hydrogen (secondary N) is 1. The molecule has 9 heteroatoms. The average molecular weight is 452 g/mol. The molecule has 1 N–H and O–H groups in total. The molecule has 0 aliphatic carbocycles. The molecule has 0 radical (unpaired) electrons. The number of amides is 1. The van der Waals surface area contributed by atoms with Gasteiger partial charge in [0.05, 0.1) is 19.3 Å². The van der Waals surface area contributed by atoms with Gasteiger partial charge in [0.15, 0.2) is 0 Å². The molecule has 8 nitrogen and oxygen atoms in total. The largest absolute Gasteiger partial charge is 0.494 e. The predicted molar refractivity (Wildman–Crippen MR) is 121 cm³/mol. The monoisotopic (exact) mass is 451 g/mol. The molecule has 0 atom stereocenters. The number of anilines is 1. The second-order valence-corrected chi connectivity index (χ2v) is 7.45. The van der Waals surface area contributed by atoms with Crippen molar-refractivity contribution in [1.82, 2.24) is 19.9 Å². The van der Waals surface area contributed by atoms with E-state index in [0.717, 1.165) is 16.9 Å². The Hall–Kier alpha value is -3.65. The molecule has 0 unspecified atom stereocenters. The van der Waals surface area contributed by atoms with Gasteiger partial charge in [-0.3, -0.25) is 4.79 Å². The molecule has 0 fully saturated rings. The van der Waals surface area contributed by atoms with E-state index in [4.69, 9.17) is 20.9 Å². The third-order valence-corrected chi connectivity index (χ3v) is 4.94. The fourth-order valence-electron chi connectivity index (χ4n) is 3.09. The third-order valence-electron chi connectivity index (χ3n) is 4.69. The lowest BCUT2D eigenvalue weighted by Crippen LogP contribution is -2.16. The number of carbonyl (C=O) groups excluding carboxylic acids is 1. The predicted octanol–water partition coefficient (Wildman–Crippen LogP) is 4.60. The Kier molecular flexibility index (Phi) is 6.81. The summed E-state index contributed by atoms with van der Waals surface area (Å²) in [6.45, 7) is 3.06. The second kappa shape index (κ2) is 10.1. The van der Waals surface area contributed by atoms with Crippen LogP contribution in [-0.2, 0) is 17.8 Å². The summed E-state index contributed by atoms with van der Waals surface area (Å²) in [7, 11) is 0. The van der Waals surface area contributed by atoms with Gasteiger partial charge >= 0.3 is 0 Å². The van der Waals surface area contributed by atoms with Crippen molar-refractivity contribution >= 4 is 23.3 Å². The number of ether oxygens (including phenoxy) is 1. The number of aromatic nitrogens is 4. The Labute approximate surface area is 190 Å². The molecule has 2 heterocycles. The highest BCUT2D eigenvalue weighted by molar-refractivity contribution is 6.30. The Bertz CT molecular complexity index is 1170. The van der Waals surface area contributed by atoms with Crippen LogP contribution in [0.25, 0.3) is 11.4 Å². The third kappa shape index (κ3) is 5.53. The number of carbonyl (C=O) groups is 1. The number of benzene rings is 2. The van der Waals surface area contributed by atoms with Gasteiger partial charge in [-0.05, 0) is 48.9 Å². The summed E-state index contributed by atoms with van der Waals surface area (Å²) in [5, 5.41) is 11.8. The first-order valence-electron chi connectivity index (χ1n) is 10.2. The maximum Gasteiger partial charge on any atom is 0.227 e. The number of halogens is 1. The van der Waals surface area contributed by atoms with Gasteiger partial charge in [-0.25, -0.2) is 4.68 Å². The van der Waals surface area contributed by atoms with Crippen LogP contribution in [0.15, 0.2) is 65.3 Å². The van der Waals surface area contributed by atoms with Crippen molar-refractivity contribution in [1.29, 1.82) is 0 Å². The number of hydrogen-bond acceptors (Lipinski definition) is 6. The van der Waals surface area contributed by atoms with Crippen LogP contribution in [0.4, 0.5) is 5.82 Å². The van der Waals surface area contributed by atoms with Crippen LogP contribution in [0.5, 0.6) is 5.75 Å². The standard InChI is InChI=1S/C23H22ClN5O3/c1-2-31-19-9-5-17(6-10-19)23-27-22(32-28-23)12-11-21(30)26-20-13-14-25-29(20)15-16-3-7-18(24)8-4-16/h3-10,13-14H,2,11-12,15H2,1H3,(H,26,30). The zero-order chi connectivity index (χ0) is 22.3. The molecule has 0 saturated heterocycles. The van der Waals surface area contributed by atoms with Crippen LogP contribution in [0.2, 0.25) is 5.02 Å². The van der Waals surface area contributed by atoms with Crippen LogP contribution in [-0.4, -0.2) is 32.4 Å². The molecule has 0 bridgehead atoms. The molecule has 32 heavy (non-hydrogen) atoms. The van der Waals surface area contributed by atoms with Gasteiger partial charge < -0.3 is 14.6 Å². The lowest BCUT2D eigenvalue weighted by Gasteiger charge is -2.09. The molecule has 4 rings (SSSR count). The van der Waals surface area contributed by atoms with E-state index in [1.165, 1.54) is 0 Å². The average Bonchev–Trinajstić information content (AvgIpc) is 3.44. The maximum atomic E-state index is 12.4. The topological polar surface area (TPSA) is 95.1 Å². The van der Waals surface area contributed by atoms with Crippen molar-refractivity contribution in [2.45, 2.75) is 26.3 Å². The molecule has 4 aromatic rings. The first kappa shape index (κ1) is 21.6. The molecule has 0 aliphatic rings. The normalized spacial score (nSPS) is 10.8. The first-order valence-corrected chi connectivity index (χ1v) is 10.6. The Morgan fingerprint density at radius 3 is 2.66 bits per heavy atom. The van der Waals surface area contributed by atoms with E-state index in [1.54, 1.807) is 16.9 Å². The van der Waals surface area contributed by atoms with Gasteiger partial charge in [0.1, 0.15) is 11.6 Å². The van der Waals surface area contributed by atoms with Crippen molar-refractivity contribution in [2.75, 3.05) is 11.9 Å². The number of nitrogens with zero attached hydrogens (tertiary/aromatic N) is 4. The highest BCUT2D eigenvalue weighted by Gasteiger charge is 2.13. The van der Waals surface area contributed by atoms with Gasteiger partial charge in [0.25, 0.3) is 0 Å². The van der Waals surface area contributed by atoms with Crippen LogP contribution in [0, 0.1) is 0 Å². The molecular weight excluding hydrogens is 430 g/mol. The second-order valence-electron chi connectivity index (χ2n) is 7.02. The van der Waals surface area contributed by atoms with E-state index < -0.39 is 0 Å². The van der Waals surface area contributed by atoms with Crippen LogP contribution < -0.4 is 10.1 Å². The number of rotatable bonds is 9. The smallest absolute Gasteiger partial charge is 0.227 e. The minimum atomic E-state index is -0.163. The summed E-state index contributed by atoms with van der Waals surface area (Å²) in [5.41, 5.74) is 1.85. The summed E-state index contributed by atoms with van der Waals surface area (Å²) in [5.74, 6) is 2.12. The number of hydrogen-bond donors (Lipinski definition) is 1. The zero-order valence-electron chi connectivity index (χ0n) is 17.5. The fraction of sp³-hybridized carbons (Fsp3) is 0.217. The van der Waals surface area contributed by atoms with Crippen LogP contribution >= 0.6 is 11.6 Å². The molecule has 164 valence electrons. The summed E-state index contributed by atoms with van der Waals surface area (Å²) in [6, 6.07) is 16.7. The van der Waals surface area contributed by atoms with E-state index in [0.29, 0.717) is 42.1 Å². The van der Waals surface area contributed by atoms with Crippen molar-refractivity contribution in [3.8, 4) is 17.1 Å². The molecule has 0 aliphatic heterocycles. The van der Waals surface area contributed by atoms with Gasteiger partial charge in [-0.15, -0.1) is 0 Å². The van der Waals surface area contributed by atoms with Gasteiger partial charge in [-0.1, -0.05) is 28.9 Å². The Morgan fingerprint density at radius 1 is 1.12 bits per heavy atom. The first-order chi connectivity index (χ1) is 15.6. The minimum Gasteiger partial charge on any atom is -0.494 e. The van der Waals surface area contributed by atoms with Crippen molar-refractivity contribution < 1.29 is 14.1 Å². The lowest BCUT2D eigenvalue weighted by atomic mass is 10.2. The molecule has 0 spiro atoms. The van der Waals surface area contributed by atoms with Crippen LogP contribution in [0.3, 0.4) is 0 Å². The lowest BCUT2D eigenvalue weighted by molar-refractivity contribution is -0.116. The van der Waals surface area contributed by atoms with Crippen molar-refractivity contribution in [3.63, 3.8) is 0 Å². The molecular formula is C23H22ClN5O3. The van der Waals surface area contributed by atoms with Crippen molar-refractivity contribution in [2.24, 2.45) is 0 Å².